The highest BCUT2D eigenvalue weighted by molar-refractivity contribution is 5.68. The van der Waals surface area contributed by atoms with Gasteiger partial charge in [0, 0.05) is 32.6 Å². The number of amides is 1. The number of carbonyl (C=O) groups is 1. The lowest BCUT2D eigenvalue weighted by Crippen LogP contribution is -2.51. The maximum Gasteiger partial charge on any atom is 0.410 e. The van der Waals surface area contributed by atoms with Gasteiger partial charge in [-0.3, -0.25) is 0 Å². The summed E-state index contributed by atoms with van der Waals surface area (Å²) < 4.78 is 18.4. The van der Waals surface area contributed by atoms with Gasteiger partial charge in [-0.25, -0.2) is 9.18 Å². The van der Waals surface area contributed by atoms with Crippen molar-refractivity contribution in [1.29, 1.82) is 0 Å². The van der Waals surface area contributed by atoms with E-state index in [1.165, 1.54) is 4.90 Å². The van der Waals surface area contributed by atoms with Gasteiger partial charge >= 0.3 is 6.09 Å². The number of likely N-dealkylation sites (N-methyl/N-ethyl adjacent to an activating group) is 1. The molecule has 5 heteroatoms. The van der Waals surface area contributed by atoms with E-state index in [1.807, 2.05) is 20.8 Å². The van der Waals surface area contributed by atoms with Crippen LogP contribution in [-0.4, -0.2) is 48.9 Å². The van der Waals surface area contributed by atoms with E-state index in [4.69, 9.17) is 4.74 Å². The number of nitrogens with one attached hydrogen (secondary N) is 1. The summed E-state index contributed by atoms with van der Waals surface area (Å²) in [5.41, 5.74) is -0.511. The number of hydrogen-bond donors (Lipinski definition) is 1. The molecule has 1 N–H and O–H groups in total. The molecule has 0 saturated carbocycles. The third-order valence-corrected chi connectivity index (χ3v) is 2.50. The van der Waals surface area contributed by atoms with Crippen molar-refractivity contribution in [2.24, 2.45) is 0 Å². The fourth-order valence-electron chi connectivity index (χ4n) is 1.65. The molecule has 1 fully saturated rings. The molecule has 0 aromatic carbocycles. The number of carbonyl (C=O) groups excluding carboxylic acids is 1. The third kappa shape index (κ3) is 3.96. The van der Waals surface area contributed by atoms with E-state index in [0.29, 0.717) is 19.5 Å². The second-order valence-electron chi connectivity index (χ2n) is 5.24. The summed E-state index contributed by atoms with van der Waals surface area (Å²) in [6.45, 7) is 6.44. The predicted molar refractivity (Wildman–Crippen MR) is 60.2 cm³/mol. The van der Waals surface area contributed by atoms with Crippen LogP contribution in [-0.2, 0) is 4.74 Å². The summed E-state index contributed by atoms with van der Waals surface area (Å²) >= 11 is 0. The van der Waals surface area contributed by atoms with E-state index in [9.17, 15) is 9.18 Å². The van der Waals surface area contributed by atoms with Crippen LogP contribution in [0.2, 0.25) is 0 Å². The van der Waals surface area contributed by atoms with Crippen LogP contribution >= 0.6 is 0 Å². The fourth-order valence-corrected chi connectivity index (χ4v) is 1.65. The van der Waals surface area contributed by atoms with Gasteiger partial charge in [0.15, 0.2) is 0 Å². The van der Waals surface area contributed by atoms with E-state index in [2.05, 4.69) is 5.32 Å². The molecule has 1 heterocycles. The monoisotopic (exact) mass is 232 g/mol. The zero-order chi connectivity index (χ0) is 12.3. The number of hydrogen-bond acceptors (Lipinski definition) is 3. The molecule has 94 valence electrons. The highest BCUT2D eigenvalue weighted by Gasteiger charge is 2.29. The molecule has 0 aromatic heterocycles. The highest BCUT2D eigenvalue weighted by atomic mass is 19.1. The normalized spacial score (nSPS) is 26.3. The highest BCUT2D eigenvalue weighted by Crippen LogP contribution is 2.15. The first-order valence-corrected chi connectivity index (χ1v) is 5.60. The standard InChI is InChI=1S/C11H21FN2O2/c1-11(2,3)16-10(15)14(4)9-5-8(12)6-13-7-9/h8-9,13H,5-7H2,1-4H3/t8-,9+/m1/s1. The maximum absolute atomic E-state index is 13.2. The average molecular weight is 232 g/mol. The fraction of sp³-hybridized carbons (Fsp3) is 0.909. The van der Waals surface area contributed by atoms with Crippen molar-refractivity contribution in [2.45, 2.75) is 45.0 Å². The Labute approximate surface area is 96.1 Å². The summed E-state index contributed by atoms with van der Waals surface area (Å²) in [7, 11) is 1.65. The lowest BCUT2D eigenvalue weighted by Gasteiger charge is -2.34. The molecule has 0 aromatic rings. The first-order valence-electron chi connectivity index (χ1n) is 5.60. The average Bonchev–Trinajstić information content (AvgIpc) is 2.14. The van der Waals surface area contributed by atoms with Crippen LogP contribution in [0.3, 0.4) is 0 Å². The van der Waals surface area contributed by atoms with Crippen molar-refractivity contribution in [3.8, 4) is 0 Å². The Bertz CT molecular complexity index is 253. The second-order valence-corrected chi connectivity index (χ2v) is 5.24. The number of ether oxygens (including phenoxy) is 1. The van der Waals surface area contributed by atoms with Gasteiger partial charge in [0.25, 0.3) is 0 Å². The minimum Gasteiger partial charge on any atom is -0.444 e. The van der Waals surface area contributed by atoms with Crippen LogP contribution in [0.1, 0.15) is 27.2 Å². The van der Waals surface area contributed by atoms with Gasteiger partial charge < -0.3 is 15.0 Å². The predicted octanol–water partition coefficient (Wildman–Crippen LogP) is 1.55. The Kier molecular flexibility index (Phi) is 4.13. The smallest absolute Gasteiger partial charge is 0.410 e. The number of halogens is 1. The first kappa shape index (κ1) is 13.2. The van der Waals surface area contributed by atoms with E-state index in [0.717, 1.165) is 0 Å². The van der Waals surface area contributed by atoms with Gasteiger partial charge in [0.1, 0.15) is 11.8 Å². The molecule has 0 bridgehead atoms. The lowest BCUT2D eigenvalue weighted by molar-refractivity contribution is 0.0169. The Morgan fingerprint density at radius 2 is 2.06 bits per heavy atom. The summed E-state index contributed by atoms with van der Waals surface area (Å²) in [4.78, 5) is 13.2. The van der Waals surface area contributed by atoms with Gasteiger partial charge in [-0.2, -0.15) is 0 Å². The van der Waals surface area contributed by atoms with Crippen LogP contribution in [0.5, 0.6) is 0 Å². The maximum atomic E-state index is 13.2. The number of piperidine rings is 1. The molecule has 0 spiro atoms. The van der Waals surface area contributed by atoms with Crippen LogP contribution in [0, 0.1) is 0 Å². The van der Waals surface area contributed by atoms with Crippen LogP contribution < -0.4 is 5.32 Å². The van der Waals surface area contributed by atoms with Gasteiger partial charge in [0.2, 0.25) is 0 Å². The summed E-state index contributed by atoms with van der Waals surface area (Å²) in [5.74, 6) is 0. The molecular weight excluding hydrogens is 211 g/mol. The Balaban J connectivity index is 2.49. The minimum absolute atomic E-state index is 0.126. The van der Waals surface area contributed by atoms with Crippen molar-refractivity contribution in [1.82, 2.24) is 10.2 Å². The van der Waals surface area contributed by atoms with Crippen molar-refractivity contribution in [3.63, 3.8) is 0 Å². The molecule has 0 unspecified atom stereocenters. The SMILES string of the molecule is CN(C(=O)OC(C)(C)C)[C@@H]1CNC[C@H](F)C1. The second kappa shape index (κ2) is 4.99. The molecule has 16 heavy (non-hydrogen) atoms. The zero-order valence-electron chi connectivity index (χ0n) is 10.4. The molecule has 0 aliphatic carbocycles. The molecule has 4 nitrogen and oxygen atoms in total. The minimum atomic E-state index is -0.886. The van der Waals surface area contributed by atoms with Crippen molar-refractivity contribution in [3.05, 3.63) is 0 Å². The van der Waals surface area contributed by atoms with Gasteiger partial charge in [-0.1, -0.05) is 0 Å². The van der Waals surface area contributed by atoms with Crippen LogP contribution in [0.15, 0.2) is 0 Å². The molecule has 0 radical (unpaired) electrons. The number of alkyl halides is 1. The Morgan fingerprint density at radius 3 is 2.56 bits per heavy atom. The molecule has 1 aliphatic rings. The van der Waals surface area contributed by atoms with Crippen LogP contribution in [0.4, 0.5) is 9.18 Å². The van der Waals surface area contributed by atoms with Crippen molar-refractivity contribution >= 4 is 6.09 Å². The lowest BCUT2D eigenvalue weighted by atomic mass is 10.1. The summed E-state index contributed by atoms with van der Waals surface area (Å²) in [6.07, 6.45) is -0.903. The van der Waals surface area contributed by atoms with E-state index in [-0.39, 0.29) is 6.04 Å². The number of rotatable bonds is 1. The van der Waals surface area contributed by atoms with E-state index < -0.39 is 17.9 Å². The van der Waals surface area contributed by atoms with E-state index >= 15 is 0 Å². The summed E-state index contributed by atoms with van der Waals surface area (Å²) in [5, 5.41) is 2.96. The molecule has 1 rings (SSSR count). The molecule has 1 aliphatic heterocycles. The van der Waals surface area contributed by atoms with Crippen molar-refractivity contribution < 1.29 is 13.9 Å². The topological polar surface area (TPSA) is 41.6 Å². The van der Waals surface area contributed by atoms with Gasteiger partial charge in [-0.15, -0.1) is 0 Å². The van der Waals surface area contributed by atoms with E-state index in [1.54, 1.807) is 7.05 Å². The molecule has 1 saturated heterocycles. The van der Waals surface area contributed by atoms with Gasteiger partial charge in [0.05, 0.1) is 0 Å². The summed E-state index contributed by atoms with van der Waals surface area (Å²) in [6, 6.07) is -0.126. The van der Waals surface area contributed by atoms with Gasteiger partial charge in [-0.05, 0) is 20.8 Å². The zero-order valence-corrected chi connectivity index (χ0v) is 10.4. The number of nitrogens with zero attached hydrogens (tertiary/aromatic N) is 1. The molecule has 2 atom stereocenters. The Morgan fingerprint density at radius 1 is 1.44 bits per heavy atom. The molecule has 1 amide bonds. The largest absolute Gasteiger partial charge is 0.444 e. The first-order chi connectivity index (χ1) is 7.29. The van der Waals surface area contributed by atoms with Crippen LogP contribution in [0.25, 0.3) is 0 Å². The molecular formula is C11H21FN2O2. The van der Waals surface area contributed by atoms with Crippen molar-refractivity contribution in [2.75, 3.05) is 20.1 Å². The Hall–Kier alpha value is -0.840. The quantitative estimate of drug-likeness (QED) is 0.746. The third-order valence-electron chi connectivity index (χ3n) is 2.50.